The van der Waals surface area contributed by atoms with Crippen LogP contribution in [0.3, 0.4) is 0 Å². The Labute approximate surface area is 113 Å². The van der Waals surface area contributed by atoms with Gasteiger partial charge in [-0.05, 0) is 25.3 Å². The Hall–Kier alpha value is -1.79. The molecule has 2 heterocycles. The van der Waals surface area contributed by atoms with Crippen molar-refractivity contribution >= 4 is 11.5 Å². The molecule has 0 spiro atoms. The molecule has 0 amide bonds. The van der Waals surface area contributed by atoms with E-state index >= 15 is 0 Å². The zero-order valence-corrected chi connectivity index (χ0v) is 11.0. The lowest BCUT2D eigenvalue weighted by atomic mass is 9.65. The molecule has 1 saturated carbocycles. The third kappa shape index (κ3) is 1.76. The fourth-order valence-electron chi connectivity index (χ4n) is 3.00. The van der Waals surface area contributed by atoms with Crippen LogP contribution in [0.4, 0.5) is 19.1 Å². The SMILES string of the molecule is CCC1(c2cc(C(F)(F)F)c3cnc(N)nn23)CCC1. The van der Waals surface area contributed by atoms with E-state index in [0.29, 0.717) is 5.69 Å². The smallest absolute Gasteiger partial charge is 0.367 e. The number of aromatic nitrogens is 3. The lowest BCUT2D eigenvalue weighted by molar-refractivity contribution is -0.136. The monoisotopic (exact) mass is 284 g/mol. The van der Waals surface area contributed by atoms with E-state index in [-0.39, 0.29) is 16.9 Å². The molecule has 2 aromatic heterocycles. The van der Waals surface area contributed by atoms with Crippen molar-refractivity contribution in [2.45, 2.75) is 44.2 Å². The van der Waals surface area contributed by atoms with Gasteiger partial charge < -0.3 is 5.73 Å². The van der Waals surface area contributed by atoms with E-state index < -0.39 is 11.7 Å². The van der Waals surface area contributed by atoms with Gasteiger partial charge in [0.05, 0.1) is 17.3 Å². The zero-order chi connectivity index (χ0) is 14.5. The van der Waals surface area contributed by atoms with Crippen molar-refractivity contribution in [3.63, 3.8) is 0 Å². The summed E-state index contributed by atoms with van der Waals surface area (Å²) < 4.78 is 40.8. The third-order valence-electron chi connectivity index (χ3n) is 4.37. The van der Waals surface area contributed by atoms with Crippen molar-refractivity contribution in [1.82, 2.24) is 14.6 Å². The third-order valence-corrected chi connectivity index (χ3v) is 4.37. The van der Waals surface area contributed by atoms with Gasteiger partial charge in [0.25, 0.3) is 0 Å². The summed E-state index contributed by atoms with van der Waals surface area (Å²) >= 11 is 0. The Morgan fingerprint density at radius 1 is 1.40 bits per heavy atom. The molecule has 0 bridgehead atoms. The van der Waals surface area contributed by atoms with Crippen molar-refractivity contribution in [2.24, 2.45) is 0 Å². The predicted molar refractivity (Wildman–Crippen MR) is 68.2 cm³/mol. The molecular weight excluding hydrogens is 269 g/mol. The minimum atomic E-state index is -4.42. The van der Waals surface area contributed by atoms with Gasteiger partial charge in [0, 0.05) is 11.1 Å². The van der Waals surface area contributed by atoms with E-state index in [4.69, 9.17) is 5.73 Å². The number of nitrogens with zero attached hydrogens (tertiary/aromatic N) is 3. The lowest BCUT2D eigenvalue weighted by Crippen LogP contribution is -2.35. The van der Waals surface area contributed by atoms with Gasteiger partial charge in [-0.2, -0.15) is 13.2 Å². The number of fused-ring (bicyclic) bond motifs is 1. The second-order valence-electron chi connectivity index (χ2n) is 5.34. The first kappa shape index (κ1) is 13.2. The quantitative estimate of drug-likeness (QED) is 0.921. The first-order valence-corrected chi connectivity index (χ1v) is 6.59. The molecule has 0 radical (unpaired) electrons. The van der Waals surface area contributed by atoms with Crippen LogP contribution >= 0.6 is 0 Å². The van der Waals surface area contributed by atoms with Crippen molar-refractivity contribution in [1.29, 1.82) is 0 Å². The maximum Gasteiger partial charge on any atom is 0.418 e. The molecule has 108 valence electrons. The first-order chi connectivity index (χ1) is 9.37. The predicted octanol–water partition coefficient (Wildman–Crippen LogP) is 3.16. The van der Waals surface area contributed by atoms with Gasteiger partial charge in [-0.3, -0.25) is 0 Å². The molecule has 0 aromatic carbocycles. The fourth-order valence-corrected chi connectivity index (χ4v) is 3.00. The number of nitrogens with two attached hydrogens (primary N) is 1. The van der Waals surface area contributed by atoms with Gasteiger partial charge in [-0.25, -0.2) is 9.50 Å². The van der Waals surface area contributed by atoms with Gasteiger partial charge >= 0.3 is 6.18 Å². The number of alkyl halides is 3. The number of anilines is 1. The summed E-state index contributed by atoms with van der Waals surface area (Å²) in [5.41, 5.74) is 5.20. The normalized spacial score (nSPS) is 18.2. The van der Waals surface area contributed by atoms with E-state index in [9.17, 15) is 13.2 Å². The van der Waals surface area contributed by atoms with Crippen LogP contribution in [0.15, 0.2) is 12.3 Å². The summed E-state index contributed by atoms with van der Waals surface area (Å²) in [6, 6.07) is 1.21. The highest BCUT2D eigenvalue weighted by molar-refractivity contribution is 5.58. The van der Waals surface area contributed by atoms with Gasteiger partial charge in [0.1, 0.15) is 0 Å². The van der Waals surface area contributed by atoms with Crippen molar-refractivity contribution < 1.29 is 13.2 Å². The lowest BCUT2D eigenvalue weighted by Gasteiger charge is -2.40. The van der Waals surface area contributed by atoms with Crippen LogP contribution in [0.1, 0.15) is 43.9 Å². The highest BCUT2D eigenvalue weighted by Gasteiger charge is 2.43. The van der Waals surface area contributed by atoms with Crippen molar-refractivity contribution in [3.05, 3.63) is 23.5 Å². The molecule has 0 unspecified atom stereocenters. The minimum Gasteiger partial charge on any atom is -0.367 e. The molecule has 0 aliphatic heterocycles. The standard InChI is InChI=1S/C13H15F3N4/c1-2-12(4-3-5-12)10-6-8(13(14,15)16)9-7-18-11(17)19-20(9)10/h6-7H,2-5H2,1H3,(H2,17,19). The first-order valence-electron chi connectivity index (χ1n) is 6.59. The molecule has 1 aliphatic carbocycles. The van der Waals surface area contributed by atoms with E-state index in [1.54, 1.807) is 0 Å². The number of hydrogen-bond acceptors (Lipinski definition) is 3. The number of hydrogen-bond donors (Lipinski definition) is 1. The molecule has 20 heavy (non-hydrogen) atoms. The summed E-state index contributed by atoms with van der Waals surface area (Å²) in [4.78, 5) is 3.69. The molecule has 7 heteroatoms. The van der Waals surface area contributed by atoms with Crippen LogP contribution < -0.4 is 5.73 Å². The molecule has 1 fully saturated rings. The number of nitrogen functional groups attached to an aromatic ring is 1. The Morgan fingerprint density at radius 3 is 2.60 bits per heavy atom. The average molecular weight is 284 g/mol. The second kappa shape index (κ2) is 4.10. The van der Waals surface area contributed by atoms with Crippen LogP contribution in [0.5, 0.6) is 0 Å². The average Bonchev–Trinajstić information content (AvgIpc) is 2.68. The number of halogens is 3. The number of rotatable bonds is 2. The maximum atomic E-state index is 13.1. The Balaban J connectivity index is 2.29. The molecule has 0 atom stereocenters. The van der Waals surface area contributed by atoms with Crippen molar-refractivity contribution in [3.8, 4) is 0 Å². The van der Waals surface area contributed by atoms with Crippen LogP contribution in [-0.2, 0) is 11.6 Å². The van der Waals surface area contributed by atoms with Gasteiger partial charge in [-0.1, -0.05) is 13.3 Å². The second-order valence-corrected chi connectivity index (χ2v) is 5.34. The van der Waals surface area contributed by atoms with Gasteiger partial charge in [-0.15, -0.1) is 5.10 Å². The van der Waals surface area contributed by atoms with Crippen LogP contribution in [0.2, 0.25) is 0 Å². The molecule has 2 N–H and O–H groups in total. The largest absolute Gasteiger partial charge is 0.418 e. The van der Waals surface area contributed by atoms with Crippen LogP contribution in [-0.4, -0.2) is 14.6 Å². The highest BCUT2D eigenvalue weighted by Crippen LogP contribution is 2.48. The molecular formula is C13H15F3N4. The van der Waals surface area contributed by atoms with Gasteiger partial charge in [0.15, 0.2) is 0 Å². The van der Waals surface area contributed by atoms with Crippen LogP contribution in [0.25, 0.3) is 5.52 Å². The van der Waals surface area contributed by atoms with E-state index in [1.165, 1.54) is 10.6 Å². The molecule has 0 saturated heterocycles. The Bertz CT molecular complexity index is 650. The maximum absolute atomic E-state index is 13.1. The fraction of sp³-hybridized carbons (Fsp3) is 0.538. The summed E-state index contributed by atoms with van der Waals surface area (Å²) in [5.74, 6) is -0.0198. The van der Waals surface area contributed by atoms with Crippen molar-refractivity contribution in [2.75, 3.05) is 5.73 Å². The Morgan fingerprint density at radius 2 is 2.10 bits per heavy atom. The van der Waals surface area contributed by atoms with E-state index in [0.717, 1.165) is 31.9 Å². The summed E-state index contributed by atoms with van der Waals surface area (Å²) in [5, 5.41) is 3.99. The molecule has 3 rings (SSSR count). The molecule has 4 nitrogen and oxygen atoms in total. The molecule has 2 aromatic rings. The summed E-state index contributed by atoms with van der Waals surface area (Å²) in [6.45, 7) is 2.00. The summed E-state index contributed by atoms with van der Waals surface area (Å²) in [6.07, 6.45) is 0.329. The summed E-state index contributed by atoms with van der Waals surface area (Å²) in [7, 11) is 0. The topological polar surface area (TPSA) is 56.2 Å². The van der Waals surface area contributed by atoms with Crippen LogP contribution in [0, 0.1) is 0 Å². The van der Waals surface area contributed by atoms with Gasteiger partial charge in [0.2, 0.25) is 5.95 Å². The highest BCUT2D eigenvalue weighted by atomic mass is 19.4. The zero-order valence-electron chi connectivity index (χ0n) is 11.0. The van der Waals surface area contributed by atoms with E-state index in [2.05, 4.69) is 10.1 Å². The Kier molecular flexibility index (Phi) is 2.71. The molecule has 1 aliphatic rings. The minimum absolute atomic E-state index is 0.0198. The van der Waals surface area contributed by atoms with E-state index in [1.807, 2.05) is 6.92 Å².